The molecule has 1 N–H and O–H groups in total. The molecule has 1 atom stereocenters. The van der Waals surface area contributed by atoms with E-state index in [2.05, 4.69) is 0 Å². The van der Waals surface area contributed by atoms with Crippen molar-refractivity contribution in [3.05, 3.63) is 34.9 Å². The van der Waals surface area contributed by atoms with Gasteiger partial charge in [0.15, 0.2) is 0 Å². The second-order valence-corrected chi connectivity index (χ2v) is 4.48. The Morgan fingerprint density at radius 2 is 2.00 bits per heavy atom. The average molecular weight is 240 g/mol. The van der Waals surface area contributed by atoms with E-state index in [0.29, 0.717) is 11.6 Å². The van der Waals surface area contributed by atoms with Crippen LogP contribution >= 0.6 is 11.6 Å². The molecule has 0 spiro atoms. The minimum Gasteiger partial charge on any atom is -0.465 e. The molecule has 0 aromatic heterocycles. The molecule has 1 aromatic carbocycles. The predicted molar refractivity (Wildman–Crippen MR) is 62.8 cm³/mol. The highest BCUT2D eigenvalue weighted by Crippen LogP contribution is 2.31. The number of carboxylic acid groups (broad SMARTS) is 1. The lowest BCUT2D eigenvalue weighted by atomic mass is 9.96. The van der Waals surface area contributed by atoms with Crippen molar-refractivity contribution in [3.63, 3.8) is 0 Å². The van der Waals surface area contributed by atoms with Crippen molar-refractivity contribution in [2.75, 3.05) is 6.54 Å². The summed E-state index contributed by atoms with van der Waals surface area (Å²) in [4.78, 5) is 12.6. The number of benzene rings is 1. The third-order valence-corrected chi connectivity index (χ3v) is 3.26. The Bertz CT molecular complexity index is 377. The Hall–Kier alpha value is -1.22. The van der Waals surface area contributed by atoms with Gasteiger partial charge in [-0.25, -0.2) is 4.79 Å². The molecule has 1 fully saturated rings. The number of likely N-dealkylation sites (tertiary alicyclic amines) is 1. The van der Waals surface area contributed by atoms with Gasteiger partial charge in [0, 0.05) is 11.6 Å². The standard InChI is InChI=1S/C12H14ClNO2/c13-10-6-4-9(5-7-10)11-3-1-2-8-14(11)12(15)16/h4-7,11H,1-3,8H2,(H,15,16). The van der Waals surface area contributed by atoms with Crippen LogP contribution in [-0.4, -0.2) is 22.6 Å². The van der Waals surface area contributed by atoms with Crippen LogP contribution in [0.4, 0.5) is 4.79 Å². The minimum absolute atomic E-state index is 0.0106. The van der Waals surface area contributed by atoms with E-state index < -0.39 is 6.09 Å². The minimum atomic E-state index is -0.834. The summed E-state index contributed by atoms with van der Waals surface area (Å²) in [7, 11) is 0. The van der Waals surface area contributed by atoms with Gasteiger partial charge in [0.2, 0.25) is 0 Å². The van der Waals surface area contributed by atoms with Gasteiger partial charge in [-0.2, -0.15) is 0 Å². The summed E-state index contributed by atoms with van der Waals surface area (Å²) in [6, 6.07) is 7.43. The van der Waals surface area contributed by atoms with Crippen LogP contribution in [0.25, 0.3) is 0 Å². The van der Waals surface area contributed by atoms with Gasteiger partial charge >= 0.3 is 6.09 Å². The van der Waals surface area contributed by atoms with Gasteiger partial charge in [-0.3, -0.25) is 0 Å². The van der Waals surface area contributed by atoms with Crippen LogP contribution in [0.3, 0.4) is 0 Å². The highest BCUT2D eigenvalue weighted by atomic mass is 35.5. The van der Waals surface area contributed by atoms with Crippen LogP contribution in [0.1, 0.15) is 30.9 Å². The third kappa shape index (κ3) is 2.30. The Kier molecular flexibility index (Phi) is 3.34. The van der Waals surface area contributed by atoms with Crippen molar-refractivity contribution in [1.82, 2.24) is 4.90 Å². The van der Waals surface area contributed by atoms with E-state index in [1.807, 2.05) is 24.3 Å². The van der Waals surface area contributed by atoms with Crippen molar-refractivity contribution in [1.29, 1.82) is 0 Å². The van der Waals surface area contributed by atoms with Crippen molar-refractivity contribution >= 4 is 17.7 Å². The smallest absolute Gasteiger partial charge is 0.407 e. The first-order valence-electron chi connectivity index (χ1n) is 5.43. The van der Waals surface area contributed by atoms with E-state index in [1.54, 1.807) is 0 Å². The first kappa shape index (κ1) is 11.3. The molecule has 1 saturated heterocycles. The maximum absolute atomic E-state index is 11.1. The lowest BCUT2D eigenvalue weighted by Gasteiger charge is -2.33. The Labute approximate surface area is 99.6 Å². The lowest BCUT2D eigenvalue weighted by molar-refractivity contribution is 0.106. The number of hydrogen-bond donors (Lipinski definition) is 1. The van der Waals surface area contributed by atoms with Crippen LogP contribution < -0.4 is 0 Å². The second-order valence-electron chi connectivity index (χ2n) is 4.04. The van der Waals surface area contributed by atoms with Crippen molar-refractivity contribution in [2.45, 2.75) is 25.3 Å². The quantitative estimate of drug-likeness (QED) is 0.814. The molecule has 16 heavy (non-hydrogen) atoms. The summed E-state index contributed by atoms with van der Waals surface area (Å²) >= 11 is 5.82. The number of carbonyl (C=O) groups is 1. The summed E-state index contributed by atoms with van der Waals surface area (Å²) in [5, 5.41) is 9.81. The third-order valence-electron chi connectivity index (χ3n) is 3.00. The fourth-order valence-corrected chi connectivity index (χ4v) is 2.32. The molecule has 86 valence electrons. The highest BCUT2D eigenvalue weighted by molar-refractivity contribution is 6.30. The van der Waals surface area contributed by atoms with Crippen molar-refractivity contribution in [2.24, 2.45) is 0 Å². The number of piperidine rings is 1. The van der Waals surface area contributed by atoms with Gasteiger partial charge in [0.25, 0.3) is 0 Å². The fraction of sp³-hybridized carbons (Fsp3) is 0.417. The normalized spacial score (nSPS) is 20.8. The van der Waals surface area contributed by atoms with Crippen LogP contribution in [0.5, 0.6) is 0 Å². The van der Waals surface area contributed by atoms with Gasteiger partial charge in [0.1, 0.15) is 0 Å². The zero-order valence-electron chi connectivity index (χ0n) is 8.90. The molecule has 1 heterocycles. The molecule has 0 aliphatic carbocycles. The largest absolute Gasteiger partial charge is 0.465 e. The van der Waals surface area contributed by atoms with Crippen molar-refractivity contribution in [3.8, 4) is 0 Å². The van der Waals surface area contributed by atoms with Crippen LogP contribution in [0.2, 0.25) is 5.02 Å². The molecule has 4 heteroatoms. The molecule has 1 aliphatic rings. The lowest BCUT2D eigenvalue weighted by Crippen LogP contribution is -2.37. The van der Waals surface area contributed by atoms with Crippen molar-refractivity contribution < 1.29 is 9.90 Å². The van der Waals surface area contributed by atoms with E-state index in [4.69, 9.17) is 16.7 Å². The average Bonchev–Trinajstić information content (AvgIpc) is 2.30. The topological polar surface area (TPSA) is 40.5 Å². The molecule has 2 rings (SSSR count). The van der Waals surface area contributed by atoms with E-state index in [-0.39, 0.29) is 6.04 Å². The predicted octanol–water partition coefficient (Wildman–Crippen LogP) is 3.55. The number of rotatable bonds is 1. The Morgan fingerprint density at radius 3 is 2.62 bits per heavy atom. The number of nitrogens with zero attached hydrogens (tertiary/aromatic N) is 1. The molecule has 1 amide bonds. The van der Waals surface area contributed by atoms with Gasteiger partial charge in [-0.1, -0.05) is 23.7 Å². The molecule has 0 saturated carbocycles. The number of hydrogen-bond acceptors (Lipinski definition) is 1. The van der Waals surface area contributed by atoms with E-state index in [0.717, 1.165) is 24.8 Å². The first-order valence-corrected chi connectivity index (χ1v) is 5.81. The summed E-state index contributed by atoms with van der Waals surface area (Å²) in [5.74, 6) is 0. The Balaban J connectivity index is 2.23. The molecule has 3 nitrogen and oxygen atoms in total. The zero-order valence-corrected chi connectivity index (χ0v) is 9.65. The molecule has 1 unspecified atom stereocenters. The van der Waals surface area contributed by atoms with E-state index in [9.17, 15) is 4.79 Å². The van der Waals surface area contributed by atoms with Crippen LogP contribution in [0.15, 0.2) is 24.3 Å². The molecule has 0 bridgehead atoms. The van der Waals surface area contributed by atoms with Gasteiger partial charge in [0.05, 0.1) is 6.04 Å². The zero-order chi connectivity index (χ0) is 11.5. The summed E-state index contributed by atoms with van der Waals surface area (Å²) in [6.45, 7) is 0.628. The fourth-order valence-electron chi connectivity index (χ4n) is 2.19. The molecule has 1 aliphatic heterocycles. The second kappa shape index (κ2) is 4.74. The van der Waals surface area contributed by atoms with Gasteiger partial charge in [-0.15, -0.1) is 0 Å². The highest BCUT2D eigenvalue weighted by Gasteiger charge is 2.27. The maximum atomic E-state index is 11.1. The first-order chi connectivity index (χ1) is 7.68. The molecular weight excluding hydrogens is 226 g/mol. The van der Waals surface area contributed by atoms with E-state index in [1.165, 1.54) is 4.90 Å². The van der Waals surface area contributed by atoms with E-state index >= 15 is 0 Å². The monoisotopic (exact) mass is 239 g/mol. The summed E-state index contributed by atoms with van der Waals surface area (Å²) in [5.41, 5.74) is 1.03. The van der Waals surface area contributed by atoms with Gasteiger partial charge < -0.3 is 10.0 Å². The molecule has 0 radical (unpaired) electrons. The summed E-state index contributed by atoms with van der Waals surface area (Å²) in [6.07, 6.45) is 2.10. The number of halogens is 1. The summed E-state index contributed by atoms with van der Waals surface area (Å²) < 4.78 is 0. The van der Waals surface area contributed by atoms with Crippen LogP contribution in [0, 0.1) is 0 Å². The molecule has 1 aromatic rings. The number of amides is 1. The Morgan fingerprint density at radius 1 is 1.31 bits per heavy atom. The maximum Gasteiger partial charge on any atom is 0.407 e. The van der Waals surface area contributed by atoms with Gasteiger partial charge in [-0.05, 0) is 37.0 Å². The molecular formula is C12H14ClNO2. The van der Waals surface area contributed by atoms with Crippen LogP contribution in [-0.2, 0) is 0 Å². The SMILES string of the molecule is O=C(O)N1CCCCC1c1ccc(Cl)cc1.